The predicted molar refractivity (Wildman–Crippen MR) is 66.5 cm³/mol. The summed E-state index contributed by atoms with van der Waals surface area (Å²) in [5, 5.41) is 0. The van der Waals surface area contributed by atoms with Gasteiger partial charge in [0.2, 0.25) is 0 Å². The highest BCUT2D eigenvalue weighted by molar-refractivity contribution is 5.80. The van der Waals surface area contributed by atoms with Crippen LogP contribution in [0.4, 0.5) is 17.6 Å². The summed E-state index contributed by atoms with van der Waals surface area (Å²) in [6.45, 7) is 0. The minimum absolute atomic E-state index is 0.121. The summed E-state index contributed by atoms with van der Waals surface area (Å²) in [5.74, 6) is -1.28. The molecule has 0 bridgehead atoms. The summed E-state index contributed by atoms with van der Waals surface area (Å²) >= 11 is 0. The van der Waals surface area contributed by atoms with Gasteiger partial charge in [-0.25, -0.2) is 4.39 Å². The highest BCUT2D eigenvalue weighted by atomic mass is 19.4. The fraction of sp³-hybridized carbons (Fsp3) is 0.0714. The average molecular weight is 280 g/mol. The van der Waals surface area contributed by atoms with E-state index in [0.29, 0.717) is 16.6 Å². The van der Waals surface area contributed by atoms with Gasteiger partial charge in [0.1, 0.15) is 5.82 Å². The molecule has 2 aromatic heterocycles. The molecule has 0 atom stereocenters. The molecule has 1 aromatic carbocycles. The molecule has 0 aliphatic carbocycles. The van der Waals surface area contributed by atoms with Crippen molar-refractivity contribution in [3.63, 3.8) is 0 Å². The summed E-state index contributed by atoms with van der Waals surface area (Å²) in [6, 6.07) is 6.50. The van der Waals surface area contributed by atoms with E-state index in [1.165, 1.54) is 18.3 Å². The Morgan fingerprint density at radius 2 is 1.90 bits per heavy atom. The molecule has 6 heteroatoms. The van der Waals surface area contributed by atoms with Crippen LogP contribution in [0.3, 0.4) is 0 Å². The minimum atomic E-state index is -4.72. The van der Waals surface area contributed by atoms with Gasteiger partial charge in [-0.1, -0.05) is 12.1 Å². The number of pyridine rings is 1. The quantitative estimate of drug-likeness (QED) is 0.658. The van der Waals surface area contributed by atoms with Crippen LogP contribution in [0, 0.1) is 5.82 Å². The first-order chi connectivity index (χ1) is 9.47. The highest BCUT2D eigenvalue weighted by Gasteiger charge is 2.34. The van der Waals surface area contributed by atoms with Crippen LogP contribution < -0.4 is 0 Å². The normalized spacial score (nSPS) is 12.0. The van der Waals surface area contributed by atoms with Crippen LogP contribution in [-0.4, -0.2) is 9.97 Å². The lowest BCUT2D eigenvalue weighted by atomic mass is 10.0. The van der Waals surface area contributed by atoms with Gasteiger partial charge in [-0.05, 0) is 18.2 Å². The molecular formula is C14H8F4N2. The minimum Gasteiger partial charge on any atom is -0.360 e. The molecule has 0 saturated heterocycles. The Morgan fingerprint density at radius 1 is 1.10 bits per heavy atom. The number of alkyl halides is 3. The zero-order valence-electron chi connectivity index (χ0n) is 10.0. The van der Waals surface area contributed by atoms with Crippen molar-refractivity contribution in [2.45, 2.75) is 6.18 Å². The molecule has 0 amide bonds. The molecule has 2 nitrogen and oxygen atoms in total. The van der Waals surface area contributed by atoms with E-state index in [9.17, 15) is 17.6 Å². The van der Waals surface area contributed by atoms with E-state index in [1.807, 2.05) is 0 Å². The third-order valence-corrected chi connectivity index (χ3v) is 3.01. The van der Waals surface area contributed by atoms with E-state index >= 15 is 0 Å². The lowest BCUT2D eigenvalue weighted by molar-refractivity contribution is -0.139. The first kappa shape index (κ1) is 12.7. The summed E-state index contributed by atoms with van der Waals surface area (Å²) in [7, 11) is 0. The fourth-order valence-corrected chi connectivity index (χ4v) is 2.06. The molecule has 0 radical (unpaired) electrons. The number of nitrogens with one attached hydrogen (secondary N) is 1. The number of nitrogens with zero attached hydrogens (tertiary/aromatic N) is 1. The number of benzene rings is 1. The summed E-state index contributed by atoms with van der Waals surface area (Å²) in [6.07, 6.45) is -1.71. The molecule has 20 heavy (non-hydrogen) atoms. The van der Waals surface area contributed by atoms with Gasteiger partial charge in [0.25, 0.3) is 0 Å². The maximum atomic E-state index is 14.0. The first-order valence-corrected chi connectivity index (χ1v) is 5.76. The lowest BCUT2D eigenvalue weighted by Crippen LogP contribution is -2.08. The number of hydrogen-bond donors (Lipinski definition) is 1. The van der Waals surface area contributed by atoms with Crippen molar-refractivity contribution in [2.75, 3.05) is 0 Å². The van der Waals surface area contributed by atoms with E-state index in [2.05, 4.69) is 9.97 Å². The van der Waals surface area contributed by atoms with Crippen molar-refractivity contribution >= 4 is 11.0 Å². The second kappa shape index (κ2) is 4.33. The molecular weight excluding hydrogens is 272 g/mol. The Hall–Kier alpha value is -2.37. The third-order valence-electron chi connectivity index (χ3n) is 3.01. The summed E-state index contributed by atoms with van der Waals surface area (Å²) in [4.78, 5) is 6.96. The Morgan fingerprint density at radius 3 is 2.65 bits per heavy atom. The number of aromatic amines is 1. The molecule has 2 heterocycles. The smallest absolute Gasteiger partial charge is 0.360 e. The van der Waals surface area contributed by atoms with E-state index in [0.717, 1.165) is 6.07 Å². The maximum Gasteiger partial charge on any atom is 0.419 e. The zero-order chi connectivity index (χ0) is 14.3. The number of H-pyrrole nitrogens is 1. The molecule has 102 valence electrons. The van der Waals surface area contributed by atoms with Gasteiger partial charge >= 0.3 is 6.18 Å². The van der Waals surface area contributed by atoms with Gasteiger partial charge in [-0.2, -0.15) is 13.2 Å². The second-order valence-corrected chi connectivity index (χ2v) is 4.30. The first-order valence-electron chi connectivity index (χ1n) is 5.76. The van der Waals surface area contributed by atoms with E-state index in [4.69, 9.17) is 0 Å². The second-order valence-electron chi connectivity index (χ2n) is 4.30. The van der Waals surface area contributed by atoms with Crippen LogP contribution in [0.1, 0.15) is 5.56 Å². The monoisotopic (exact) mass is 280 g/mol. The number of hydrogen-bond acceptors (Lipinski definition) is 1. The van der Waals surface area contributed by atoms with Crippen molar-refractivity contribution in [1.82, 2.24) is 9.97 Å². The Bertz CT molecular complexity index is 774. The lowest BCUT2D eigenvalue weighted by Gasteiger charge is -2.11. The molecule has 3 aromatic rings. The summed E-state index contributed by atoms with van der Waals surface area (Å²) in [5.41, 5.74) is 0.203. The van der Waals surface area contributed by atoms with Crippen LogP contribution in [0.15, 0.2) is 42.7 Å². The standard InChI is InChI=1S/C14H8F4N2/c15-13-9(2-1-3-10(13)14(16,17)18)8-6-12-11(20-7-8)4-5-19-12/h1-7,19H. The SMILES string of the molecule is Fc1c(-c2cnc3cc[nH]c3c2)cccc1C(F)(F)F. The third kappa shape index (κ3) is 2.03. The molecule has 0 fully saturated rings. The van der Waals surface area contributed by atoms with Crippen molar-refractivity contribution in [1.29, 1.82) is 0 Å². The molecule has 0 saturated carbocycles. The molecule has 0 spiro atoms. The van der Waals surface area contributed by atoms with Gasteiger partial charge in [0, 0.05) is 23.5 Å². The number of aromatic nitrogens is 2. The topological polar surface area (TPSA) is 28.7 Å². The summed E-state index contributed by atoms with van der Waals surface area (Å²) < 4.78 is 52.1. The number of fused-ring (bicyclic) bond motifs is 1. The van der Waals surface area contributed by atoms with Crippen molar-refractivity contribution in [3.05, 3.63) is 54.1 Å². The highest BCUT2D eigenvalue weighted by Crippen LogP contribution is 2.35. The molecule has 0 unspecified atom stereocenters. The van der Waals surface area contributed by atoms with E-state index in [-0.39, 0.29) is 5.56 Å². The van der Waals surface area contributed by atoms with Crippen LogP contribution in [0.25, 0.3) is 22.2 Å². The van der Waals surface area contributed by atoms with Crippen LogP contribution in [-0.2, 0) is 6.18 Å². The zero-order valence-corrected chi connectivity index (χ0v) is 10.0. The Labute approximate surface area is 111 Å². The van der Waals surface area contributed by atoms with Crippen molar-refractivity contribution < 1.29 is 17.6 Å². The maximum absolute atomic E-state index is 14.0. The van der Waals surface area contributed by atoms with E-state index in [1.54, 1.807) is 18.3 Å². The van der Waals surface area contributed by atoms with Gasteiger partial charge in [0.15, 0.2) is 0 Å². The van der Waals surface area contributed by atoms with Crippen LogP contribution in [0.5, 0.6) is 0 Å². The predicted octanol–water partition coefficient (Wildman–Crippen LogP) is 4.39. The van der Waals surface area contributed by atoms with Crippen molar-refractivity contribution in [2.24, 2.45) is 0 Å². The number of rotatable bonds is 1. The number of halogens is 4. The molecule has 0 aliphatic heterocycles. The van der Waals surface area contributed by atoms with Crippen LogP contribution >= 0.6 is 0 Å². The molecule has 3 rings (SSSR count). The average Bonchev–Trinajstić information content (AvgIpc) is 2.84. The molecule has 1 N–H and O–H groups in total. The van der Waals surface area contributed by atoms with Gasteiger partial charge < -0.3 is 4.98 Å². The van der Waals surface area contributed by atoms with Crippen molar-refractivity contribution in [3.8, 4) is 11.1 Å². The van der Waals surface area contributed by atoms with Gasteiger partial charge in [-0.3, -0.25) is 4.98 Å². The van der Waals surface area contributed by atoms with Crippen LogP contribution in [0.2, 0.25) is 0 Å². The molecule has 0 aliphatic rings. The largest absolute Gasteiger partial charge is 0.419 e. The van der Waals surface area contributed by atoms with Gasteiger partial charge in [-0.15, -0.1) is 0 Å². The Kier molecular flexibility index (Phi) is 2.74. The van der Waals surface area contributed by atoms with E-state index < -0.39 is 17.6 Å². The fourth-order valence-electron chi connectivity index (χ4n) is 2.06. The van der Waals surface area contributed by atoms with Gasteiger partial charge in [0.05, 0.1) is 16.6 Å². The Balaban J connectivity index is 2.18.